The molecule has 3 rings (SSSR count). The lowest BCUT2D eigenvalue weighted by molar-refractivity contribution is 0.245. The van der Waals surface area contributed by atoms with Gasteiger partial charge in [-0.1, -0.05) is 18.2 Å². The van der Waals surface area contributed by atoms with Crippen molar-refractivity contribution in [1.82, 2.24) is 4.90 Å². The number of hydrogen-bond acceptors (Lipinski definition) is 5. The molecule has 134 valence electrons. The molecule has 0 aliphatic carbocycles. The van der Waals surface area contributed by atoms with Crippen molar-refractivity contribution in [3.8, 4) is 17.2 Å². The summed E-state index contributed by atoms with van der Waals surface area (Å²) in [7, 11) is 5.11. The molecule has 25 heavy (non-hydrogen) atoms. The Bertz CT molecular complexity index is 697. The molecule has 1 aliphatic heterocycles. The fourth-order valence-corrected chi connectivity index (χ4v) is 3.26. The van der Waals surface area contributed by atoms with Crippen molar-refractivity contribution in [3.05, 3.63) is 48.0 Å². The normalized spacial score (nSPS) is 15.1. The van der Waals surface area contributed by atoms with Crippen LogP contribution in [0, 0.1) is 0 Å². The molecule has 0 unspecified atom stereocenters. The van der Waals surface area contributed by atoms with Crippen LogP contribution in [0.1, 0.15) is 5.56 Å². The minimum absolute atomic E-state index is 0.821. The molecule has 0 aromatic heterocycles. The van der Waals surface area contributed by atoms with Gasteiger partial charge in [0.05, 0.1) is 27.0 Å². The molecule has 1 heterocycles. The van der Waals surface area contributed by atoms with Crippen molar-refractivity contribution >= 4 is 5.69 Å². The largest absolute Gasteiger partial charge is 0.497 e. The third-order valence-corrected chi connectivity index (χ3v) is 4.69. The Morgan fingerprint density at radius 3 is 2.20 bits per heavy atom. The van der Waals surface area contributed by atoms with Gasteiger partial charge in [-0.3, -0.25) is 4.90 Å². The minimum atomic E-state index is 0.821. The quantitative estimate of drug-likeness (QED) is 0.806. The van der Waals surface area contributed by atoms with Crippen molar-refractivity contribution in [3.63, 3.8) is 0 Å². The maximum atomic E-state index is 5.52. The molecule has 2 aromatic rings. The highest BCUT2D eigenvalue weighted by Crippen LogP contribution is 2.29. The van der Waals surface area contributed by atoms with Gasteiger partial charge in [-0.25, -0.2) is 0 Å². The zero-order chi connectivity index (χ0) is 17.6. The third kappa shape index (κ3) is 3.99. The maximum absolute atomic E-state index is 5.52. The molecule has 5 nitrogen and oxygen atoms in total. The SMILES string of the molecule is COc1ccc(CN2CCN(c3ccccc3OC)CC2)c(OC)c1. The monoisotopic (exact) mass is 342 g/mol. The molecule has 0 saturated carbocycles. The molecule has 0 amide bonds. The first-order valence-electron chi connectivity index (χ1n) is 8.56. The molecule has 1 aliphatic rings. The van der Waals surface area contributed by atoms with Gasteiger partial charge in [-0.2, -0.15) is 0 Å². The van der Waals surface area contributed by atoms with Gasteiger partial charge >= 0.3 is 0 Å². The van der Waals surface area contributed by atoms with Gasteiger partial charge < -0.3 is 19.1 Å². The van der Waals surface area contributed by atoms with E-state index in [2.05, 4.69) is 28.0 Å². The molecule has 0 radical (unpaired) electrons. The predicted molar refractivity (Wildman–Crippen MR) is 100 cm³/mol. The van der Waals surface area contributed by atoms with Crippen LogP contribution in [0.2, 0.25) is 0 Å². The first-order chi connectivity index (χ1) is 12.2. The number of methoxy groups -OCH3 is 3. The van der Waals surface area contributed by atoms with E-state index >= 15 is 0 Å². The second kappa shape index (κ2) is 8.12. The van der Waals surface area contributed by atoms with E-state index in [-0.39, 0.29) is 0 Å². The van der Waals surface area contributed by atoms with Crippen LogP contribution in [0.25, 0.3) is 0 Å². The molecule has 2 aromatic carbocycles. The summed E-state index contributed by atoms with van der Waals surface area (Å²) in [6.07, 6.45) is 0. The standard InChI is InChI=1S/C20H26N2O3/c1-23-17-9-8-16(20(14-17)25-3)15-21-10-12-22(13-11-21)18-6-4-5-7-19(18)24-2/h4-9,14H,10-13,15H2,1-3H3. The van der Waals surface area contributed by atoms with Crippen molar-refractivity contribution in [2.45, 2.75) is 6.54 Å². The molecule has 0 N–H and O–H groups in total. The van der Waals surface area contributed by atoms with Crippen LogP contribution in [0.15, 0.2) is 42.5 Å². The van der Waals surface area contributed by atoms with Gasteiger partial charge in [-0.15, -0.1) is 0 Å². The maximum Gasteiger partial charge on any atom is 0.142 e. The van der Waals surface area contributed by atoms with Crippen LogP contribution < -0.4 is 19.1 Å². The van der Waals surface area contributed by atoms with Crippen LogP contribution in [-0.2, 0) is 6.54 Å². The number of ether oxygens (including phenoxy) is 3. The Hall–Kier alpha value is -2.40. The van der Waals surface area contributed by atoms with Crippen molar-refractivity contribution < 1.29 is 14.2 Å². The molecule has 1 fully saturated rings. The Labute approximate surface area is 149 Å². The van der Waals surface area contributed by atoms with Gasteiger partial charge in [-0.05, 0) is 18.2 Å². The molecule has 5 heteroatoms. The number of nitrogens with zero attached hydrogens (tertiary/aromatic N) is 2. The molecule has 1 saturated heterocycles. The Balaban J connectivity index is 1.63. The number of benzene rings is 2. The van der Waals surface area contributed by atoms with Crippen LogP contribution in [0.3, 0.4) is 0 Å². The Kier molecular flexibility index (Phi) is 5.66. The van der Waals surface area contributed by atoms with Gasteiger partial charge in [0.15, 0.2) is 0 Å². The number of piperazine rings is 1. The summed E-state index contributed by atoms with van der Waals surface area (Å²) in [5, 5.41) is 0. The second-order valence-corrected chi connectivity index (χ2v) is 6.11. The average Bonchev–Trinajstić information content (AvgIpc) is 2.69. The van der Waals surface area contributed by atoms with Crippen molar-refractivity contribution in [1.29, 1.82) is 0 Å². The highest BCUT2D eigenvalue weighted by molar-refractivity contribution is 5.58. The molecular weight excluding hydrogens is 316 g/mol. The zero-order valence-electron chi connectivity index (χ0n) is 15.2. The number of para-hydroxylation sites is 2. The number of rotatable bonds is 6. The van der Waals surface area contributed by atoms with Gasteiger partial charge in [0.2, 0.25) is 0 Å². The first-order valence-corrected chi connectivity index (χ1v) is 8.56. The molecular formula is C20H26N2O3. The van der Waals surface area contributed by atoms with E-state index in [4.69, 9.17) is 14.2 Å². The highest BCUT2D eigenvalue weighted by atomic mass is 16.5. The Morgan fingerprint density at radius 1 is 0.800 bits per heavy atom. The minimum Gasteiger partial charge on any atom is -0.497 e. The fourth-order valence-electron chi connectivity index (χ4n) is 3.26. The van der Waals surface area contributed by atoms with E-state index in [1.54, 1.807) is 21.3 Å². The summed E-state index contributed by atoms with van der Waals surface area (Å²) in [6.45, 7) is 4.87. The summed E-state index contributed by atoms with van der Waals surface area (Å²) < 4.78 is 16.3. The van der Waals surface area contributed by atoms with Gasteiger partial charge in [0.1, 0.15) is 17.2 Å². The van der Waals surface area contributed by atoms with Crippen LogP contribution in [0.5, 0.6) is 17.2 Å². The van der Waals surface area contributed by atoms with E-state index < -0.39 is 0 Å². The summed E-state index contributed by atoms with van der Waals surface area (Å²) >= 11 is 0. The topological polar surface area (TPSA) is 34.2 Å². The van der Waals surface area contributed by atoms with Crippen molar-refractivity contribution in [2.24, 2.45) is 0 Å². The van der Waals surface area contributed by atoms with Crippen LogP contribution in [-0.4, -0.2) is 52.4 Å². The molecule has 0 bridgehead atoms. The number of hydrogen-bond donors (Lipinski definition) is 0. The summed E-state index contributed by atoms with van der Waals surface area (Å²) in [5.74, 6) is 2.64. The molecule has 0 atom stereocenters. The summed E-state index contributed by atoms with van der Waals surface area (Å²) in [6, 6.07) is 14.2. The van der Waals surface area contributed by atoms with E-state index in [1.807, 2.05) is 24.3 Å². The number of anilines is 1. The lowest BCUT2D eigenvalue weighted by atomic mass is 10.1. The van der Waals surface area contributed by atoms with Crippen molar-refractivity contribution in [2.75, 3.05) is 52.4 Å². The predicted octanol–water partition coefficient (Wildman–Crippen LogP) is 3.03. The smallest absolute Gasteiger partial charge is 0.142 e. The lowest BCUT2D eigenvalue weighted by Gasteiger charge is -2.36. The summed E-state index contributed by atoms with van der Waals surface area (Å²) in [4.78, 5) is 4.84. The zero-order valence-corrected chi connectivity index (χ0v) is 15.2. The third-order valence-electron chi connectivity index (χ3n) is 4.69. The van der Waals surface area contributed by atoms with Crippen LogP contribution >= 0.6 is 0 Å². The van der Waals surface area contributed by atoms with E-state index in [1.165, 1.54) is 11.3 Å². The highest BCUT2D eigenvalue weighted by Gasteiger charge is 2.20. The van der Waals surface area contributed by atoms with E-state index in [0.717, 1.165) is 50.0 Å². The van der Waals surface area contributed by atoms with Gasteiger partial charge in [0.25, 0.3) is 0 Å². The first kappa shape index (κ1) is 17.4. The summed E-state index contributed by atoms with van der Waals surface area (Å²) in [5.41, 5.74) is 2.36. The average molecular weight is 342 g/mol. The van der Waals surface area contributed by atoms with Crippen LogP contribution in [0.4, 0.5) is 5.69 Å². The Morgan fingerprint density at radius 2 is 1.52 bits per heavy atom. The fraction of sp³-hybridized carbons (Fsp3) is 0.400. The second-order valence-electron chi connectivity index (χ2n) is 6.11. The van der Waals surface area contributed by atoms with E-state index in [9.17, 15) is 0 Å². The molecule has 0 spiro atoms. The van der Waals surface area contributed by atoms with E-state index in [0.29, 0.717) is 0 Å². The van der Waals surface area contributed by atoms with Gasteiger partial charge in [0, 0.05) is 44.4 Å². The lowest BCUT2D eigenvalue weighted by Crippen LogP contribution is -2.46.